The third kappa shape index (κ3) is 5.99. The molecule has 130 valence electrons. The molecule has 0 aliphatic rings. The number of hydrogen-bond donors (Lipinski definition) is 2. The molecule has 0 bridgehead atoms. The molecule has 0 amide bonds. The van der Waals surface area contributed by atoms with Crippen LogP contribution in [-0.4, -0.2) is 21.5 Å². The summed E-state index contributed by atoms with van der Waals surface area (Å²) in [6.45, 7) is 0. The van der Waals surface area contributed by atoms with Crippen LogP contribution in [0.1, 0.15) is 11.1 Å². The average molecular weight is 967 g/mol. The van der Waals surface area contributed by atoms with Gasteiger partial charge in [0.15, 0.2) is 4.29 Å². The van der Waals surface area contributed by atoms with E-state index in [0.29, 0.717) is 5.46 Å². The van der Waals surface area contributed by atoms with E-state index >= 15 is 0 Å². The van der Waals surface area contributed by atoms with E-state index in [9.17, 15) is 10.0 Å². The SMILES string of the molecule is OB(O)c1cc(C(Br)(Br)C(Br)(Br)Br)cc(C(Br)(Br)C(Br)(Br)Br)c1. The highest BCUT2D eigenvalue weighted by Gasteiger charge is 2.48. The van der Waals surface area contributed by atoms with Crippen LogP contribution in [0.3, 0.4) is 0 Å². The summed E-state index contributed by atoms with van der Waals surface area (Å²) in [7, 11) is -1.62. The van der Waals surface area contributed by atoms with E-state index in [1.165, 1.54) is 0 Å². The highest BCUT2D eigenvalue weighted by molar-refractivity contribution is 9.42. The second-order valence-electron chi connectivity index (χ2n) is 4.36. The van der Waals surface area contributed by atoms with E-state index in [0.717, 1.165) is 11.1 Å². The smallest absolute Gasteiger partial charge is 0.423 e. The van der Waals surface area contributed by atoms with Gasteiger partial charge in [0, 0.05) is 0 Å². The van der Waals surface area contributed by atoms with E-state index < -0.39 is 17.9 Å². The van der Waals surface area contributed by atoms with Gasteiger partial charge in [-0.15, -0.1) is 0 Å². The lowest BCUT2D eigenvalue weighted by atomic mass is 9.78. The molecule has 1 rings (SSSR count). The highest BCUT2D eigenvalue weighted by atomic mass is 80.0. The third-order valence-electron chi connectivity index (χ3n) is 2.69. The standard InChI is InChI=1S/C10H5BBr10O2/c12-7(13,9(16,17)18)4-1-5(3-6(2-4)11(22)23)8(14,15)10(19,20)21/h1-3,22-23H. The molecule has 23 heavy (non-hydrogen) atoms. The molecular formula is C10H5BBr10O2. The van der Waals surface area contributed by atoms with Gasteiger partial charge >= 0.3 is 7.12 Å². The van der Waals surface area contributed by atoms with Crippen LogP contribution in [0.15, 0.2) is 18.2 Å². The molecule has 0 aliphatic carbocycles. The average Bonchev–Trinajstić information content (AvgIpc) is 2.35. The van der Waals surface area contributed by atoms with Crippen molar-refractivity contribution in [2.24, 2.45) is 0 Å². The van der Waals surface area contributed by atoms with Crippen molar-refractivity contribution in [2.45, 2.75) is 10.8 Å². The van der Waals surface area contributed by atoms with Gasteiger partial charge in [-0.05, 0) is 16.6 Å². The quantitative estimate of drug-likeness (QED) is 0.255. The molecule has 0 heterocycles. The maximum atomic E-state index is 9.63. The first-order chi connectivity index (χ1) is 10.0. The Hall–Kier alpha value is 4.00. The Kier molecular flexibility index (Phi) is 9.57. The predicted octanol–water partition coefficient (Wildman–Crippen LogP) is 6.93. The van der Waals surface area contributed by atoms with Crippen molar-refractivity contribution < 1.29 is 10.0 Å². The Bertz CT molecular complexity index is 534. The first-order valence-corrected chi connectivity index (χ1v) is 13.4. The van der Waals surface area contributed by atoms with Gasteiger partial charge in [0.05, 0.1) is 0 Å². The van der Waals surface area contributed by atoms with Crippen LogP contribution in [-0.2, 0) is 6.47 Å². The zero-order valence-electron chi connectivity index (χ0n) is 10.5. The first kappa shape index (κ1) is 25.0. The summed E-state index contributed by atoms with van der Waals surface area (Å²) in [5.74, 6) is 0. The second kappa shape index (κ2) is 8.79. The van der Waals surface area contributed by atoms with Crippen LogP contribution in [0.4, 0.5) is 0 Å². The largest absolute Gasteiger partial charge is 0.488 e. The monoisotopic (exact) mass is 957 g/mol. The summed E-state index contributed by atoms with van der Waals surface area (Å²) in [4.78, 5) is 0. The minimum atomic E-state index is -1.62. The van der Waals surface area contributed by atoms with Crippen molar-refractivity contribution in [3.05, 3.63) is 29.3 Å². The van der Waals surface area contributed by atoms with Crippen molar-refractivity contribution in [3.63, 3.8) is 0 Å². The molecule has 1 aromatic carbocycles. The Labute approximate surface area is 218 Å². The van der Waals surface area contributed by atoms with Crippen LogP contribution in [0.25, 0.3) is 0 Å². The minimum absolute atomic E-state index is 0.331. The topological polar surface area (TPSA) is 40.5 Å². The molecule has 0 aliphatic heterocycles. The van der Waals surface area contributed by atoms with Gasteiger partial charge in [0.1, 0.15) is 6.47 Å². The maximum absolute atomic E-state index is 9.63. The van der Waals surface area contributed by atoms with Gasteiger partial charge < -0.3 is 10.0 Å². The van der Waals surface area contributed by atoms with Crippen molar-refractivity contribution in [1.29, 1.82) is 0 Å². The Balaban J connectivity index is 3.65. The maximum Gasteiger partial charge on any atom is 0.488 e. The number of hydrogen-bond acceptors (Lipinski definition) is 2. The fourth-order valence-electron chi connectivity index (χ4n) is 1.49. The summed E-state index contributed by atoms with van der Waals surface area (Å²) >= 11 is 35.2. The zero-order chi connectivity index (χ0) is 18.4. The van der Waals surface area contributed by atoms with Crippen molar-refractivity contribution in [1.82, 2.24) is 0 Å². The van der Waals surface area contributed by atoms with Crippen LogP contribution in [0.2, 0.25) is 0 Å². The number of alkyl halides is 10. The molecule has 0 saturated carbocycles. The van der Waals surface area contributed by atoms with Crippen LogP contribution < -0.4 is 5.46 Å². The fourth-order valence-corrected chi connectivity index (χ4v) is 3.78. The summed E-state index contributed by atoms with van der Waals surface area (Å²) in [5, 5.41) is 19.3. The number of halogens is 10. The van der Waals surface area contributed by atoms with Gasteiger partial charge in [0.25, 0.3) is 0 Å². The lowest BCUT2D eigenvalue weighted by molar-refractivity contribution is 0.425. The van der Waals surface area contributed by atoms with Crippen LogP contribution >= 0.6 is 159 Å². The molecule has 0 radical (unpaired) electrons. The second-order valence-corrected chi connectivity index (χ2v) is 24.8. The van der Waals surface area contributed by atoms with Crippen LogP contribution in [0.5, 0.6) is 0 Å². The molecule has 0 fully saturated rings. The van der Waals surface area contributed by atoms with Crippen molar-refractivity contribution >= 4 is 172 Å². The molecule has 2 nitrogen and oxygen atoms in total. The van der Waals surface area contributed by atoms with Crippen molar-refractivity contribution in [3.8, 4) is 0 Å². The fraction of sp³-hybridized carbons (Fsp3) is 0.400. The zero-order valence-corrected chi connectivity index (χ0v) is 26.3. The highest BCUT2D eigenvalue weighted by Crippen LogP contribution is 2.61. The Morgan fingerprint density at radius 1 is 0.609 bits per heavy atom. The van der Waals surface area contributed by atoms with Gasteiger partial charge in [-0.1, -0.05) is 177 Å². The summed E-state index contributed by atoms with van der Waals surface area (Å²) in [5.41, 5.74) is 1.78. The summed E-state index contributed by atoms with van der Waals surface area (Å²) in [6.07, 6.45) is 0. The van der Waals surface area contributed by atoms with E-state index in [-0.39, 0.29) is 0 Å². The Morgan fingerprint density at radius 3 is 1.13 bits per heavy atom. The molecule has 2 N–H and O–H groups in total. The van der Waals surface area contributed by atoms with E-state index in [1.54, 1.807) is 12.1 Å². The molecule has 1 aromatic rings. The molecule has 0 saturated heterocycles. The molecule has 13 heteroatoms. The Morgan fingerprint density at radius 2 is 0.913 bits per heavy atom. The number of benzene rings is 1. The predicted molar refractivity (Wildman–Crippen MR) is 134 cm³/mol. The van der Waals surface area contributed by atoms with Gasteiger partial charge in [-0.3, -0.25) is 0 Å². The van der Waals surface area contributed by atoms with E-state index in [2.05, 4.69) is 159 Å². The lowest BCUT2D eigenvalue weighted by Gasteiger charge is -2.34. The van der Waals surface area contributed by atoms with E-state index in [4.69, 9.17) is 0 Å². The lowest BCUT2D eigenvalue weighted by Crippen LogP contribution is -2.36. The van der Waals surface area contributed by atoms with Gasteiger partial charge in [-0.2, -0.15) is 0 Å². The summed E-state index contributed by atoms with van der Waals surface area (Å²) in [6, 6.07) is 5.23. The molecule has 0 atom stereocenters. The number of rotatable bonds is 3. The molecule has 0 spiro atoms. The molecular weight excluding hydrogens is 962 g/mol. The minimum Gasteiger partial charge on any atom is -0.423 e. The van der Waals surface area contributed by atoms with Gasteiger partial charge in [-0.25, -0.2) is 0 Å². The third-order valence-corrected chi connectivity index (χ3v) is 16.9. The van der Waals surface area contributed by atoms with Crippen molar-refractivity contribution in [2.75, 3.05) is 0 Å². The normalized spacial score (nSPS) is 14.1. The van der Waals surface area contributed by atoms with Crippen LogP contribution in [0, 0.1) is 0 Å². The molecule has 0 aromatic heterocycles. The first-order valence-electron chi connectivity index (χ1n) is 5.43. The van der Waals surface area contributed by atoms with Gasteiger partial charge in [0.2, 0.25) is 0 Å². The summed E-state index contributed by atoms with van der Waals surface area (Å²) < 4.78 is -3.05. The van der Waals surface area contributed by atoms with E-state index in [1.807, 2.05) is 6.07 Å². The molecule has 0 unspecified atom stereocenters.